The molecule has 134 valence electrons. The molecule has 3 heterocycles. The molecule has 1 atom stereocenters. The van der Waals surface area contributed by atoms with Gasteiger partial charge in [0.05, 0.1) is 11.4 Å². The number of aryl methyl sites for hydroxylation is 2. The molecule has 0 aliphatic carbocycles. The molecule has 3 rings (SSSR count). The molecule has 1 unspecified atom stereocenters. The van der Waals surface area contributed by atoms with Crippen molar-refractivity contribution >= 4 is 0 Å². The minimum absolute atomic E-state index is 0.635. The fraction of sp³-hybridized carbons (Fsp3) is 0.524. The van der Waals surface area contributed by atoms with E-state index in [1.54, 1.807) is 0 Å². The lowest BCUT2D eigenvalue weighted by Gasteiger charge is -2.27. The van der Waals surface area contributed by atoms with Crippen LogP contribution in [0.2, 0.25) is 0 Å². The third-order valence-corrected chi connectivity index (χ3v) is 5.42. The molecule has 25 heavy (non-hydrogen) atoms. The van der Waals surface area contributed by atoms with Crippen molar-refractivity contribution in [3.63, 3.8) is 0 Å². The Kier molecular flexibility index (Phi) is 6.16. The molecule has 1 aliphatic heterocycles. The van der Waals surface area contributed by atoms with Crippen molar-refractivity contribution in [2.45, 2.75) is 52.2 Å². The van der Waals surface area contributed by atoms with Crippen LogP contribution in [0.15, 0.2) is 36.7 Å². The van der Waals surface area contributed by atoms with Gasteiger partial charge in [0.2, 0.25) is 0 Å². The molecule has 0 aromatic carbocycles. The Hall–Kier alpha value is -1.78. The summed E-state index contributed by atoms with van der Waals surface area (Å²) < 4.78 is 0. The van der Waals surface area contributed by atoms with Crippen LogP contribution in [0.4, 0.5) is 0 Å². The minimum atomic E-state index is 0.635. The zero-order chi connectivity index (χ0) is 17.6. The van der Waals surface area contributed by atoms with Gasteiger partial charge in [0.15, 0.2) is 0 Å². The topological polar surface area (TPSA) is 32.3 Å². The number of hydrogen-bond acceptors (Lipinski definition) is 4. The molecule has 1 aliphatic rings. The highest BCUT2D eigenvalue weighted by molar-refractivity contribution is 5.18. The predicted molar refractivity (Wildman–Crippen MR) is 102 cm³/mol. The third kappa shape index (κ3) is 4.86. The van der Waals surface area contributed by atoms with E-state index in [4.69, 9.17) is 0 Å². The van der Waals surface area contributed by atoms with Gasteiger partial charge in [-0.15, -0.1) is 0 Å². The Morgan fingerprint density at radius 2 is 1.68 bits per heavy atom. The summed E-state index contributed by atoms with van der Waals surface area (Å²) in [5, 5.41) is 0. The van der Waals surface area contributed by atoms with Crippen molar-refractivity contribution in [3.8, 4) is 0 Å². The first-order valence-electron chi connectivity index (χ1n) is 9.37. The van der Waals surface area contributed by atoms with E-state index in [-0.39, 0.29) is 0 Å². The van der Waals surface area contributed by atoms with Crippen LogP contribution in [0.3, 0.4) is 0 Å². The quantitative estimate of drug-likeness (QED) is 0.834. The lowest BCUT2D eigenvalue weighted by Crippen LogP contribution is -2.33. The molecule has 4 heteroatoms. The van der Waals surface area contributed by atoms with Gasteiger partial charge in [-0.2, -0.15) is 0 Å². The number of pyridine rings is 2. The van der Waals surface area contributed by atoms with Gasteiger partial charge in [0, 0.05) is 38.1 Å². The lowest BCUT2D eigenvalue weighted by molar-refractivity contribution is 0.203. The fourth-order valence-corrected chi connectivity index (χ4v) is 3.68. The van der Waals surface area contributed by atoms with Crippen LogP contribution in [0.5, 0.6) is 0 Å². The molecule has 2 aromatic heterocycles. The Morgan fingerprint density at radius 1 is 1.00 bits per heavy atom. The Balaban J connectivity index is 1.56. The van der Waals surface area contributed by atoms with Gasteiger partial charge in [0.1, 0.15) is 0 Å². The molecule has 1 fully saturated rings. The normalized spacial score (nSPS) is 19.1. The summed E-state index contributed by atoms with van der Waals surface area (Å²) in [5.74, 6) is 0. The Labute approximate surface area is 151 Å². The van der Waals surface area contributed by atoms with Gasteiger partial charge in [-0.3, -0.25) is 19.8 Å². The van der Waals surface area contributed by atoms with Crippen LogP contribution in [-0.2, 0) is 13.1 Å². The van der Waals surface area contributed by atoms with E-state index in [1.165, 1.54) is 48.3 Å². The van der Waals surface area contributed by atoms with E-state index in [0.717, 1.165) is 19.6 Å². The van der Waals surface area contributed by atoms with Gasteiger partial charge in [-0.05, 0) is 70.0 Å². The number of aromatic nitrogens is 2. The SMILES string of the molecule is Cc1cccnc1CN1CCCC(N(C)Cc2ncccc2C)CC1. The van der Waals surface area contributed by atoms with E-state index < -0.39 is 0 Å². The van der Waals surface area contributed by atoms with E-state index in [2.05, 4.69) is 52.8 Å². The number of hydrogen-bond donors (Lipinski definition) is 0. The molecule has 0 bridgehead atoms. The second-order valence-corrected chi connectivity index (χ2v) is 7.31. The molecule has 0 saturated carbocycles. The van der Waals surface area contributed by atoms with Crippen molar-refractivity contribution in [1.82, 2.24) is 19.8 Å². The van der Waals surface area contributed by atoms with Gasteiger partial charge in [-0.1, -0.05) is 12.1 Å². The summed E-state index contributed by atoms with van der Waals surface area (Å²) >= 11 is 0. The average molecular weight is 338 g/mol. The lowest BCUT2D eigenvalue weighted by atomic mass is 10.1. The van der Waals surface area contributed by atoms with E-state index in [9.17, 15) is 0 Å². The first-order chi connectivity index (χ1) is 12.1. The summed E-state index contributed by atoms with van der Waals surface area (Å²) in [7, 11) is 2.25. The second kappa shape index (κ2) is 8.54. The molecule has 1 saturated heterocycles. The zero-order valence-corrected chi connectivity index (χ0v) is 15.8. The molecule has 2 aromatic rings. The molecule has 4 nitrogen and oxygen atoms in total. The van der Waals surface area contributed by atoms with Crippen LogP contribution in [0.1, 0.15) is 41.8 Å². The van der Waals surface area contributed by atoms with Gasteiger partial charge < -0.3 is 0 Å². The van der Waals surface area contributed by atoms with Gasteiger partial charge >= 0.3 is 0 Å². The summed E-state index contributed by atoms with van der Waals surface area (Å²) in [5.41, 5.74) is 5.01. The Bertz CT molecular complexity index is 685. The first-order valence-corrected chi connectivity index (χ1v) is 9.37. The molecule has 0 radical (unpaired) electrons. The number of rotatable bonds is 5. The standard InChI is InChI=1S/C21H30N4/c1-17-7-4-11-22-20(17)15-24(3)19-9-6-13-25(14-10-19)16-21-18(2)8-5-12-23-21/h4-5,7-8,11-12,19H,6,9-10,13-16H2,1-3H3. The Morgan fingerprint density at radius 3 is 2.36 bits per heavy atom. The highest BCUT2D eigenvalue weighted by atomic mass is 15.2. The summed E-state index contributed by atoms with van der Waals surface area (Å²) in [6.07, 6.45) is 7.54. The number of nitrogens with zero attached hydrogens (tertiary/aromatic N) is 4. The molecular formula is C21H30N4. The van der Waals surface area contributed by atoms with Crippen molar-refractivity contribution in [2.75, 3.05) is 20.1 Å². The van der Waals surface area contributed by atoms with E-state index in [1.807, 2.05) is 24.5 Å². The molecular weight excluding hydrogens is 308 g/mol. The molecule has 0 N–H and O–H groups in total. The maximum absolute atomic E-state index is 4.56. The first kappa shape index (κ1) is 18.0. The largest absolute Gasteiger partial charge is 0.298 e. The van der Waals surface area contributed by atoms with Crippen LogP contribution >= 0.6 is 0 Å². The monoisotopic (exact) mass is 338 g/mol. The van der Waals surface area contributed by atoms with Gasteiger partial charge in [0.25, 0.3) is 0 Å². The zero-order valence-electron chi connectivity index (χ0n) is 15.8. The van der Waals surface area contributed by atoms with Crippen LogP contribution < -0.4 is 0 Å². The third-order valence-electron chi connectivity index (χ3n) is 5.42. The fourth-order valence-electron chi connectivity index (χ4n) is 3.68. The minimum Gasteiger partial charge on any atom is -0.298 e. The molecule has 0 spiro atoms. The van der Waals surface area contributed by atoms with Crippen molar-refractivity contribution < 1.29 is 0 Å². The smallest absolute Gasteiger partial charge is 0.0573 e. The summed E-state index contributed by atoms with van der Waals surface area (Å²) in [4.78, 5) is 14.2. The van der Waals surface area contributed by atoms with Crippen molar-refractivity contribution in [1.29, 1.82) is 0 Å². The average Bonchev–Trinajstić information content (AvgIpc) is 2.85. The van der Waals surface area contributed by atoms with Crippen LogP contribution in [0, 0.1) is 13.8 Å². The maximum Gasteiger partial charge on any atom is 0.0573 e. The predicted octanol–water partition coefficient (Wildman–Crippen LogP) is 3.58. The van der Waals surface area contributed by atoms with E-state index >= 15 is 0 Å². The van der Waals surface area contributed by atoms with Crippen molar-refractivity contribution in [3.05, 3.63) is 59.2 Å². The maximum atomic E-state index is 4.56. The highest BCUT2D eigenvalue weighted by Crippen LogP contribution is 2.20. The van der Waals surface area contributed by atoms with Crippen LogP contribution in [-0.4, -0.2) is 45.9 Å². The highest BCUT2D eigenvalue weighted by Gasteiger charge is 2.21. The van der Waals surface area contributed by atoms with Crippen molar-refractivity contribution in [2.24, 2.45) is 0 Å². The summed E-state index contributed by atoms with van der Waals surface area (Å²) in [6.45, 7) is 8.54. The number of likely N-dealkylation sites (tertiary alicyclic amines) is 1. The van der Waals surface area contributed by atoms with Crippen LogP contribution in [0.25, 0.3) is 0 Å². The van der Waals surface area contributed by atoms with E-state index in [0.29, 0.717) is 6.04 Å². The van der Waals surface area contributed by atoms with Gasteiger partial charge in [-0.25, -0.2) is 0 Å². The summed E-state index contributed by atoms with van der Waals surface area (Å²) in [6, 6.07) is 8.98. The second-order valence-electron chi connectivity index (χ2n) is 7.31. The molecule has 0 amide bonds.